The van der Waals surface area contributed by atoms with E-state index in [4.69, 9.17) is 4.98 Å². The summed E-state index contributed by atoms with van der Waals surface area (Å²) in [6.45, 7) is 11.0. The molecule has 0 bridgehead atoms. The predicted molar refractivity (Wildman–Crippen MR) is 127 cm³/mol. The smallest absolute Gasteiger partial charge is 0.214 e. The fourth-order valence-corrected chi connectivity index (χ4v) is 4.84. The number of nitrogens with one attached hydrogen (secondary N) is 1. The van der Waals surface area contributed by atoms with Crippen LogP contribution in [-0.4, -0.2) is 56.7 Å². The van der Waals surface area contributed by atoms with Gasteiger partial charge in [-0.3, -0.25) is 9.88 Å². The Morgan fingerprint density at radius 1 is 1.10 bits per heavy atom. The van der Waals surface area contributed by atoms with E-state index in [2.05, 4.69) is 64.2 Å². The van der Waals surface area contributed by atoms with Gasteiger partial charge in [0.2, 0.25) is 10.1 Å². The number of anilines is 3. The van der Waals surface area contributed by atoms with Crippen molar-refractivity contribution >= 4 is 32.8 Å². The van der Waals surface area contributed by atoms with E-state index in [-0.39, 0.29) is 0 Å². The SMILES string of the molecule is Cc1cc(Nc2nn3cc(-c4cccnc4)nc3s2)cc(N2CCN(C(C)C)CC2)c1. The first-order valence-electron chi connectivity index (χ1n) is 10.7. The molecule has 0 atom stereocenters. The van der Waals surface area contributed by atoms with Crippen molar-refractivity contribution in [2.45, 2.75) is 26.8 Å². The summed E-state index contributed by atoms with van der Waals surface area (Å²) in [4.78, 5) is 14.7. The number of benzene rings is 1. The quantitative estimate of drug-likeness (QED) is 0.502. The number of piperazine rings is 1. The zero-order chi connectivity index (χ0) is 21.4. The van der Waals surface area contributed by atoms with Crippen LogP contribution in [0.1, 0.15) is 19.4 Å². The van der Waals surface area contributed by atoms with Crippen LogP contribution < -0.4 is 10.2 Å². The highest BCUT2D eigenvalue weighted by Gasteiger charge is 2.19. The number of fused-ring (bicyclic) bond motifs is 1. The van der Waals surface area contributed by atoms with E-state index in [1.54, 1.807) is 17.5 Å². The highest BCUT2D eigenvalue weighted by atomic mass is 32.1. The lowest BCUT2D eigenvalue weighted by Crippen LogP contribution is -2.48. The lowest BCUT2D eigenvalue weighted by Gasteiger charge is -2.38. The molecule has 0 saturated carbocycles. The van der Waals surface area contributed by atoms with E-state index in [0.29, 0.717) is 6.04 Å². The van der Waals surface area contributed by atoms with Gasteiger partial charge >= 0.3 is 0 Å². The van der Waals surface area contributed by atoms with Gasteiger partial charge in [0.1, 0.15) is 0 Å². The summed E-state index contributed by atoms with van der Waals surface area (Å²) < 4.78 is 1.83. The van der Waals surface area contributed by atoms with E-state index < -0.39 is 0 Å². The highest BCUT2D eigenvalue weighted by molar-refractivity contribution is 7.20. The Kier molecular flexibility index (Phi) is 5.33. The number of hydrogen-bond donors (Lipinski definition) is 1. The van der Waals surface area contributed by atoms with Gasteiger partial charge in [0, 0.05) is 61.6 Å². The third-order valence-electron chi connectivity index (χ3n) is 5.72. The molecule has 5 rings (SSSR count). The van der Waals surface area contributed by atoms with Crippen molar-refractivity contribution in [1.82, 2.24) is 24.5 Å². The number of aryl methyl sites for hydroxylation is 1. The van der Waals surface area contributed by atoms with Gasteiger partial charge < -0.3 is 10.2 Å². The molecule has 0 amide bonds. The predicted octanol–water partition coefficient (Wildman–Crippen LogP) is 4.44. The molecule has 1 aliphatic heterocycles. The molecule has 31 heavy (non-hydrogen) atoms. The average molecular weight is 434 g/mol. The lowest BCUT2D eigenvalue weighted by molar-refractivity contribution is 0.209. The van der Waals surface area contributed by atoms with E-state index in [1.807, 2.05) is 29.0 Å². The largest absolute Gasteiger partial charge is 0.369 e. The molecule has 0 unspecified atom stereocenters. The Hall–Kier alpha value is -2.97. The number of pyridine rings is 1. The number of rotatable bonds is 5. The van der Waals surface area contributed by atoms with Crippen molar-refractivity contribution < 1.29 is 0 Å². The van der Waals surface area contributed by atoms with Crippen LogP contribution >= 0.6 is 11.3 Å². The monoisotopic (exact) mass is 433 g/mol. The van der Waals surface area contributed by atoms with Crippen molar-refractivity contribution in [3.63, 3.8) is 0 Å². The minimum absolute atomic E-state index is 0.611. The van der Waals surface area contributed by atoms with Crippen LogP contribution in [0.2, 0.25) is 0 Å². The lowest BCUT2D eigenvalue weighted by atomic mass is 10.1. The Morgan fingerprint density at radius 3 is 2.65 bits per heavy atom. The standard InChI is InChI=1S/C23H27N7S/c1-16(2)28-7-9-29(10-8-28)20-12-17(3)11-19(13-20)25-22-27-30-15-21(26-23(30)31-22)18-5-4-6-24-14-18/h4-6,11-16H,7-10H2,1-3H3,(H,25,27). The first kappa shape index (κ1) is 20.0. The molecule has 1 fully saturated rings. The zero-order valence-corrected chi connectivity index (χ0v) is 18.9. The molecule has 4 aromatic rings. The fraction of sp³-hybridized carbons (Fsp3) is 0.348. The molecule has 0 spiro atoms. The molecule has 4 heterocycles. The van der Waals surface area contributed by atoms with Gasteiger partial charge in [-0.05, 0) is 56.7 Å². The highest BCUT2D eigenvalue weighted by Crippen LogP contribution is 2.29. The number of hydrogen-bond acceptors (Lipinski definition) is 7. The second-order valence-electron chi connectivity index (χ2n) is 8.30. The zero-order valence-electron chi connectivity index (χ0n) is 18.1. The van der Waals surface area contributed by atoms with Gasteiger partial charge in [0.25, 0.3) is 0 Å². The van der Waals surface area contributed by atoms with Crippen LogP contribution in [0.15, 0.2) is 48.9 Å². The summed E-state index contributed by atoms with van der Waals surface area (Å²) in [5.74, 6) is 0. The molecule has 7 nitrogen and oxygen atoms in total. The molecule has 1 N–H and O–H groups in total. The van der Waals surface area contributed by atoms with Crippen molar-refractivity contribution in [2.24, 2.45) is 0 Å². The van der Waals surface area contributed by atoms with E-state index in [1.165, 1.54) is 11.3 Å². The van der Waals surface area contributed by atoms with Gasteiger partial charge in [-0.15, -0.1) is 5.10 Å². The van der Waals surface area contributed by atoms with Crippen LogP contribution in [-0.2, 0) is 0 Å². The Balaban J connectivity index is 1.33. The molecular weight excluding hydrogens is 406 g/mol. The topological polar surface area (TPSA) is 61.6 Å². The fourth-order valence-electron chi connectivity index (χ4n) is 4.04. The molecule has 0 aliphatic carbocycles. The Morgan fingerprint density at radius 2 is 1.94 bits per heavy atom. The number of imidazole rings is 1. The first-order chi connectivity index (χ1) is 15.0. The van der Waals surface area contributed by atoms with Crippen molar-refractivity contribution in [3.8, 4) is 11.3 Å². The van der Waals surface area contributed by atoms with Crippen LogP contribution in [0.5, 0.6) is 0 Å². The summed E-state index contributed by atoms with van der Waals surface area (Å²) >= 11 is 1.55. The molecule has 1 aromatic carbocycles. The van der Waals surface area contributed by atoms with E-state index in [9.17, 15) is 0 Å². The third kappa shape index (κ3) is 4.26. The minimum Gasteiger partial charge on any atom is -0.369 e. The van der Waals surface area contributed by atoms with Crippen LogP contribution in [0.25, 0.3) is 16.2 Å². The molecule has 160 valence electrons. The molecule has 3 aromatic heterocycles. The second kappa shape index (κ2) is 8.28. The molecular formula is C23H27N7S. The summed E-state index contributed by atoms with van der Waals surface area (Å²) in [6.07, 6.45) is 5.54. The Labute approximate surface area is 186 Å². The number of nitrogens with zero attached hydrogens (tertiary/aromatic N) is 6. The summed E-state index contributed by atoms with van der Waals surface area (Å²) in [7, 11) is 0. The van der Waals surface area contributed by atoms with E-state index in [0.717, 1.165) is 53.2 Å². The maximum atomic E-state index is 4.70. The van der Waals surface area contributed by atoms with Crippen molar-refractivity contribution in [1.29, 1.82) is 0 Å². The maximum Gasteiger partial charge on any atom is 0.214 e. The third-order valence-corrected chi connectivity index (χ3v) is 6.56. The molecule has 1 aliphatic rings. The number of aromatic nitrogens is 4. The van der Waals surface area contributed by atoms with Crippen molar-refractivity contribution in [2.75, 3.05) is 36.4 Å². The van der Waals surface area contributed by atoms with Gasteiger partial charge in [-0.2, -0.15) is 0 Å². The minimum atomic E-state index is 0.611. The first-order valence-corrected chi connectivity index (χ1v) is 11.5. The second-order valence-corrected chi connectivity index (χ2v) is 9.26. The summed E-state index contributed by atoms with van der Waals surface area (Å²) in [6, 6.07) is 11.2. The van der Waals surface area contributed by atoms with Gasteiger partial charge in [0.05, 0.1) is 11.9 Å². The van der Waals surface area contributed by atoms with Gasteiger partial charge in [-0.25, -0.2) is 9.50 Å². The Bertz CT molecular complexity index is 1140. The van der Waals surface area contributed by atoms with Crippen LogP contribution in [0.4, 0.5) is 16.5 Å². The van der Waals surface area contributed by atoms with E-state index >= 15 is 0 Å². The van der Waals surface area contributed by atoms with Crippen molar-refractivity contribution in [3.05, 3.63) is 54.5 Å². The van der Waals surface area contributed by atoms with Gasteiger partial charge in [0.15, 0.2) is 0 Å². The molecule has 0 radical (unpaired) electrons. The summed E-state index contributed by atoms with van der Waals surface area (Å²) in [5, 5.41) is 8.99. The van der Waals surface area contributed by atoms with Gasteiger partial charge in [-0.1, -0.05) is 11.3 Å². The molecule has 1 saturated heterocycles. The average Bonchev–Trinajstić information content (AvgIpc) is 3.33. The van der Waals surface area contributed by atoms with Crippen LogP contribution in [0, 0.1) is 6.92 Å². The van der Waals surface area contributed by atoms with Crippen LogP contribution in [0.3, 0.4) is 0 Å². The summed E-state index contributed by atoms with van der Waals surface area (Å²) in [5.41, 5.74) is 5.45. The maximum absolute atomic E-state index is 4.70. The normalized spacial score (nSPS) is 15.2. The molecule has 8 heteroatoms.